The first-order chi connectivity index (χ1) is 12.0. The summed E-state index contributed by atoms with van der Waals surface area (Å²) in [5.74, 6) is 1.81. The molecule has 0 radical (unpaired) electrons. The van der Waals surface area contributed by atoms with Crippen molar-refractivity contribution in [3.8, 4) is 17.1 Å². The van der Waals surface area contributed by atoms with Crippen molar-refractivity contribution < 1.29 is 22.4 Å². The van der Waals surface area contributed by atoms with Gasteiger partial charge < -0.3 is 9.26 Å². The monoisotopic (exact) mass is 367 g/mol. The fourth-order valence-electron chi connectivity index (χ4n) is 1.94. The third-order valence-corrected chi connectivity index (χ3v) is 4.15. The van der Waals surface area contributed by atoms with E-state index < -0.39 is 11.7 Å². The molecule has 9 heteroatoms. The average Bonchev–Trinajstić information content (AvgIpc) is 3.09. The molecule has 2 heterocycles. The molecule has 0 aliphatic rings. The first kappa shape index (κ1) is 17.3. The van der Waals surface area contributed by atoms with E-state index in [9.17, 15) is 13.2 Å². The Hall–Kier alpha value is -2.55. The number of ether oxygens (including phenoxy) is 1. The summed E-state index contributed by atoms with van der Waals surface area (Å²) < 4.78 is 47.7. The molecule has 0 aliphatic carbocycles. The van der Waals surface area contributed by atoms with Gasteiger partial charge in [0.05, 0.1) is 23.5 Å². The minimum Gasteiger partial charge on any atom is -0.497 e. The number of alkyl halides is 3. The fourth-order valence-corrected chi connectivity index (χ4v) is 2.62. The lowest BCUT2D eigenvalue weighted by atomic mass is 10.2. The molecule has 5 nitrogen and oxygen atoms in total. The number of pyridine rings is 1. The molecular formula is C16H12F3N3O2S. The molecule has 0 amide bonds. The molecule has 3 rings (SSSR count). The molecule has 0 aliphatic heterocycles. The molecule has 0 saturated carbocycles. The van der Waals surface area contributed by atoms with E-state index in [1.807, 2.05) is 0 Å². The summed E-state index contributed by atoms with van der Waals surface area (Å²) in [5.41, 5.74) is -0.00936. The molecule has 0 saturated heterocycles. The van der Waals surface area contributed by atoms with Gasteiger partial charge in [-0.1, -0.05) is 16.9 Å². The molecule has 2 aromatic heterocycles. The van der Waals surface area contributed by atoms with Gasteiger partial charge in [0.15, 0.2) is 0 Å². The van der Waals surface area contributed by atoms with E-state index in [0.717, 1.165) is 23.6 Å². The van der Waals surface area contributed by atoms with E-state index in [4.69, 9.17) is 9.26 Å². The van der Waals surface area contributed by atoms with Gasteiger partial charge in [-0.3, -0.25) is 0 Å². The van der Waals surface area contributed by atoms with Crippen molar-refractivity contribution in [2.24, 2.45) is 0 Å². The molecule has 0 N–H and O–H groups in total. The van der Waals surface area contributed by atoms with Gasteiger partial charge in [-0.15, -0.1) is 0 Å². The van der Waals surface area contributed by atoms with Gasteiger partial charge in [0.1, 0.15) is 5.75 Å². The molecule has 0 spiro atoms. The van der Waals surface area contributed by atoms with Gasteiger partial charge in [0.2, 0.25) is 11.7 Å². The minimum absolute atomic E-state index is 0.307. The van der Waals surface area contributed by atoms with Crippen LogP contribution in [0.4, 0.5) is 13.2 Å². The highest BCUT2D eigenvalue weighted by molar-refractivity contribution is 7.98. The topological polar surface area (TPSA) is 61.0 Å². The summed E-state index contributed by atoms with van der Waals surface area (Å²) in [4.78, 5) is 8.04. The number of hydrogen-bond acceptors (Lipinski definition) is 6. The Morgan fingerprint density at radius 1 is 1.12 bits per heavy atom. The summed E-state index contributed by atoms with van der Waals surface area (Å²) in [5, 5.41) is 4.33. The second-order valence-electron chi connectivity index (χ2n) is 4.91. The number of thioether (sulfide) groups is 1. The van der Waals surface area contributed by atoms with Crippen molar-refractivity contribution >= 4 is 11.8 Å². The molecule has 0 atom stereocenters. The Morgan fingerprint density at radius 3 is 2.48 bits per heavy atom. The maximum atomic E-state index is 12.5. The zero-order valence-corrected chi connectivity index (χ0v) is 13.8. The molecule has 0 fully saturated rings. The highest BCUT2D eigenvalue weighted by Crippen LogP contribution is 2.30. The molecule has 3 aromatic rings. The van der Waals surface area contributed by atoms with Crippen LogP contribution in [0, 0.1) is 0 Å². The van der Waals surface area contributed by atoms with Crippen LogP contribution in [0.5, 0.6) is 5.75 Å². The van der Waals surface area contributed by atoms with Gasteiger partial charge in [-0.2, -0.15) is 18.2 Å². The normalized spacial score (nSPS) is 11.5. The summed E-state index contributed by atoms with van der Waals surface area (Å²) in [7, 11) is 1.58. The predicted octanol–water partition coefficient (Wildman–Crippen LogP) is 4.45. The maximum Gasteiger partial charge on any atom is 0.417 e. The number of aromatic nitrogens is 3. The van der Waals surface area contributed by atoms with Crippen LogP contribution in [0.15, 0.2) is 52.1 Å². The van der Waals surface area contributed by atoms with Gasteiger partial charge in [0.25, 0.3) is 0 Å². The van der Waals surface area contributed by atoms with Crippen LogP contribution in [0.25, 0.3) is 11.4 Å². The van der Waals surface area contributed by atoms with E-state index in [0.29, 0.717) is 22.5 Å². The van der Waals surface area contributed by atoms with Crippen molar-refractivity contribution in [1.82, 2.24) is 15.1 Å². The third kappa shape index (κ3) is 4.30. The van der Waals surface area contributed by atoms with Gasteiger partial charge in [-0.25, -0.2) is 4.98 Å². The lowest BCUT2D eigenvalue weighted by Crippen LogP contribution is -2.05. The summed E-state index contributed by atoms with van der Waals surface area (Å²) in [6, 6.07) is 9.48. The largest absolute Gasteiger partial charge is 0.497 e. The van der Waals surface area contributed by atoms with E-state index in [2.05, 4.69) is 15.1 Å². The maximum absolute atomic E-state index is 12.5. The molecule has 130 valence electrons. The van der Waals surface area contributed by atoms with Crippen molar-refractivity contribution in [3.63, 3.8) is 0 Å². The Bertz CT molecular complexity index is 833. The second-order valence-corrected chi connectivity index (χ2v) is 5.91. The average molecular weight is 367 g/mol. The van der Waals surface area contributed by atoms with Gasteiger partial charge >= 0.3 is 6.18 Å². The SMILES string of the molecule is COc1ccc(-c2noc(CSc3ccc(C(F)(F)F)cn3)n2)cc1. The zero-order chi connectivity index (χ0) is 17.9. The first-order valence-corrected chi connectivity index (χ1v) is 8.07. The number of hydrogen-bond donors (Lipinski definition) is 0. The summed E-state index contributed by atoms with van der Waals surface area (Å²) in [6.07, 6.45) is -3.59. The lowest BCUT2D eigenvalue weighted by molar-refractivity contribution is -0.137. The second kappa shape index (κ2) is 7.14. The van der Waals surface area contributed by atoms with E-state index >= 15 is 0 Å². The van der Waals surface area contributed by atoms with Crippen molar-refractivity contribution in [3.05, 3.63) is 54.0 Å². The molecule has 0 unspecified atom stereocenters. The first-order valence-electron chi connectivity index (χ1n) is 7.09. The fraction of sp³-hybridized carbons (Fsp3) is 0.188. The highest BCUT2D eigenvalue weighted by atomic mass is 32.2. The van der Waals surface area contributed by atoms with E-state index in [1.165, 1.54) is 17.8 Å². The lowest BCUT2D eigenvalue weighted by Gasteiger charge is -2.05. The molecule has 1 aromatic carbocycles. The summed E-state index contributed by atoms with van der Waals surface area (Å²) in [6.45, 7) is 0. The minimum atomic E-state index is -4.39. The van der Waals surface area contributed by atoms with Crippen LogP contribution < -0.4 is 4.74 Å². The van der Waals surface area contributed by atoms with Crippen LogP contribution in [0.2, 0.25) is 0 Å². The number of benzene rings is 1. The van der Waals surface area contributed by atoms with E-state index in [-0.39, 0.29) is 0 Å². The van der Waals surface area contributed by atoms with Gasteiger partial charge in [0, 0.05) is 11.8 Å². The number of halogens is 3. The van der Waals surface area contributed by atoms with E-state index in [1.54, 1.807) is 31.4 Å². The highest BCUT2D eigenvalue weighted by Gasteiger charge is 2.30. The van der Waals surface area contributed by atoms with Crippen LogP contribution in [-0.4, -0.2) is 22.2 Å². The van der Waals surface area contributed by atoms with Crippen LogP contribution in [-0.2, 0) is 11.9 Å². The van der Waals surface area contributed by atoms with Crippen LogP contribution in [0.3, 0.4) is 0 Å². The molecular weight excluding hydrogens is 355 g/mol. The number of nitrogens with zero attached hydrogens (tertiary/aromatic N) is 3. The van der Waals surface area contributed by atoms with Gasteiger partial charge in [-0.05, 0) is 36.4 Å². The molecule has 25 heavy (non-hydrogen) atoms. The zero-order valence-electron chi connectivity index (χ0n) is 12.9. The summed E-state index contributed by atoms with van der Waals surface area (Å²) >= 11 is 1.21. The Morgan fingerprint density at radius 2 is 1.88 bits per heavy atom. The van der Waals surface area contributed by atoms with Crippen molar-refractivity contribution in [2.75, 3.05) is 7.11 Å². The molecule has 0 bridgehead atoms. The Balaban J connectivity index is 1.63. The van der Waals surface area contributed by atoms with Crippen LogP contribution >= 0.6 is 11.8 Å². The van der Waals surface area contributed by atoms with Crippen LogP contribution in [0.1, 0.15) is 11.5 Å². The quantitative estimate of drug-likeness (QED) is 0.621. The van der Waals surface area contributed by atoms with Crippen molar-refractivity contribution in [1.29, 1.82) is 0 Å². The third-order valence-electron chi connectivity index (χ3n) is 3.22. The smallest absolute Gasteiger partial charge is 0.417 e. The standard InChI is InChI=1S/C16H12F3N3O2S/c1-23-12-5-2-10(3-6-12)15-21-13(24-22-15)9-25-14-7-4-11(8-20-14)16(17,18)19/h2-8H,9H2,1H3. The number of methoxy groups -OCH3 is 1. The van der Waals surface area contributed by atoms with Crippen molar-refractivity contribution in [2.45, 2.75) is 17.0 Å². The number of rotatable bonds is 5. The Kier molecular flexibility index (Phi) is 4.93. The predicted molar refractivity (Wildman–Crippen MR) is 85.1 cm³/mol. The Labute approximate surface area is 145 Å².